The van der Waals surface area contributed by atoms with Gasteiger partial charge in [-0.2, -0.15) is 0 Å². The maximum absolute atomic E-state index is 12.4. The summed E-state index contributed by atoms with van der Waals surface area (Å²) in [4.78, 5) is 4.25. The average molecular weight is 336 g/mol. The molecule has 0 aliphatic rings. The van der Waals surface area contributed by atoms with Gasteiger partial charge in [-0.1, -0.05) is 0 Å². The number of anilines is 1. The van der Waals surface area contributed by atoms with Gasteiger partial charge in [0.25, 0.3) is 0 Å². The smallest absolute Gasteiger partial charge is 0.245 e. The molecular formula is C11H18BrN3O2S. The van der Waals surface area contributed by atoms with Gasteiger partial charge in [0.2, 0.25) is 10.0 Å². The number of aromatic nitrogens is 1. The molecule has 1 aromatic rings. The van der Waals surface area contributed by atoms with E-state index in [4.69, 9.17) is 0 Å². The van der Waals surface area contributed by atoms with Gasteiger partial charge in [0.1, 0.15) is 10.7 Å². The third kappa shape index (κ3) is 3.43. The molecule has 0 saturated heterocycles. The molecule has 0 unspecified atom stereocenters. The van der Waals surface area contributed by atoms with Crippen LogP contribution in [0.4, 0.5) is 5.82 Å². The Morgan fingerprint density at radius 2 is 1.89 bits per heavy atom. The molecule has 0 amide bonds. The van der Waals surface area contributed by atoms with Crippen molar-refractivity contribution in [2.75, 3.05) is 12.4 Å². The first-order chi connectivity index (χ1) is 8.08. The van der Waals surface area contributed by atoms with Crippen LogP contribution in [0.1, 0.15) is 26.3 Å². The van der Waals surface area contributed by atoms with E-state index < -0.39 is 15.6 Å². The highest BCUT2D eigenvalue weighted by Crippen LogP contribution is 2.29. The molecule has 1 rings (SSSR count). The Kier molecular flexibility index (Phi) is 4.40. The lowest BCUT2D eigenvalue weighted by Gasteiger charge is -2.22. The van der Waals surface area contributed by atoms with Crippen LogP contribution >= 0.6 is 15.9 Å². The summed E-state index contributed by atoms with van der Waals surface area (Å²) in [5, 5.41) is 2.80. The van der Waals surface area contributed by atoms with E-state index in [0.29, 0.717) is 15.9 Å². The Morgan fingerprint density at radius 1 is 1.33 bits per heavy atom. The van der Waals surface area contributed by atoms with Crippen LogP contribution < -0.4 is 10.0 Å². The number of nitrogens with one attached hydrogen (secondary N) is 2. The van der Waals surface area contributed by atoms with E-state index in [1.807, 2.05) is 0 Å². The predicted octanol–water partition coefficient (Wildman–Crippen LogP) is 2.27. The van der Waals surface area contributed by atoms with E-state index in [0.717, 1.165) is 0 Å². The highest BCUT2D eigenvalue weighted by atomic mass is 79.9. The van der Waals surface area contributed by atoms with E-state index in [9.17, 15) is 8.42 Å². The van der Waals surface area contributed by atoms with Crippen LogP contribution in [0.25, 0.3) is 0 Å². The fourth-order valence-electron chi connectivity index (χ4n) is 1.52. The summed E-state index contributed by atoms with van der Waals surface area (Å²) in [7, 11) is -1.97. The highest BCUT2D eigenvalue weighted by molar-refractivity contribution is 9.10. The number of halogens is 1. The van der Waals surface area contributed by atoms with Crippen molar-refractivity contribution in [3.63, 3.8) is 0 Å². The third-order valence-electron chi connectivity index (χ3n) is 2.17. The van der Waals surface area contributed by atoms with Crippen LogP contribution in [0.5, 0.6) is 0 Å². The van der Waals surface area contributed by atoms with Gasteiger partial charge in [-0.05, 0) is 49.2 Å². The minimum Gasteiger partial charge on any atom is -0.372 e. The Balaban J connectivity index is 3.45. The molecule has 2 N–H and O–H groups in total. The molecule has 0 radical (unpaired) electrons. The standard InChI is InChI=1S/C11H18BrN3O2S/c1-7-8(12)6-14-10(13-5)9(7)18(16,17)15-11(2,3)4/h6,15H,1-5H3,(H,13,14). The summed E-state index contributed by atoms with van der Waals surface area (Å²) in [6.07, 6.45) is 1.58. The van der Waals surface area contributed by atoms with Crippen LogP contribution in [0.2, 0.25) is 0 Å². The second-order valence-corrected chi connectivity index (χ2v) is 7.49. The predicted molar refractivity (Wildman–Crippen MR) is 76.3 cm³/mol. The van der Waals surface area contributed by atoms with Gasteiger partial charge in [0.05, 0.1) is 0 Å². The van der Waals surface area contributed by atoms with Crippen molar-refractivity contribution in [1.29, 1.82) is 0 Å². The first kappa shape index (κ1) is 15.4. The fraction of sp³-hybridized carbons (Fsp3) is 0.545. The first-order valence-electron chi connectivity index (χ1n) is 5.45. The molecule has 5 nitrogen and oxygen atoms in total. The maximum atomic E-state index is 12.4. The average Bonchev–Trinajstić information content (AvgIpc) is 2.17. The lowest BCUT2D eigenvalue weighted by Crippen LogP contribution is -2.41. The number of hydrogen-bond acceptors (Lipinski definition) is 4. The zero-order valence-corrected chi connectivity index (χ0v) is 13.5. The van der Waals surface area contributed by atoms with E-state index in [1.54, 1.807) is 40.9 Å². The Labute approximate surface area is 117 Å². The first-order valence-corrected chi connectivity index (χ1v) is 7.73. The Bertz CT molecular complexity index is 550. The molecule has 18 heavy (non-hydrogen) atoms. The van der Waals surface area contributed by atoms with Crippen LogP contribution in [0.3, 0.4) is 0 Å². The summed E-state index contributed by atoms with van der Waals surface area (Å²) in [6.45, 7) is 7.13. The summed E-state index contributed by atoms with van der Waals surface area (Å²) in [5.74, 6) is 0.340. The number of sulfonamides is 1. The molecule has 0 spiro atoms. The summed E-state index contributed by atoms with van der Waals surface area (Å²) in [5.41, 5.74) is 0.0876. The summed E-state index contributed by atoms with van der Waals surface area (Å²) < 4.78 is 28.1. The van der Waals surface area contributed by atoms with Gasteiger partial charge in [-0.3, -0.25) is 0 Å². The van der Waals surface area contributed by atoms with E-state index in [-0.39, 0.29) is 4.90 Å². The molecule has 0 bridgehead atoms. The minimum atomic E-state index is -3.62. The lowest BCUT2D eigenvalue weighted by molar-refractivity contribution is 0.491. The van der Waals surface area contributed by atoms with Crippen LogP contribution in [-0.4, -0.2) is 26.0 Å². The van der Waals surface area contributed by atoms with Gasteiger partial charge >= 0.3 is 0 Å². The van der Waals surface area contributed by atoms with E-state index >= 15 is 0 Å². The van der Waals surface area contributed by atoms with E-state index in [2.05, 4.69) is 31.0 Å². The lowest BCUT2D eigenvalue weighted by atomic mass is 10.1. The van der Waals surface area contributed by atoms with Crippen LogP contribution in [0, 0.1) is 6.92 Å². The van der Waals surface area contributed by atoms with E-state index in [1.165, 1.54) is 0 Å². The molecule has 0 aliphatic carbocycles. The van der Waals surface area contributed by atoms with Crippen molar-refractivity contribution >= 4 is 31.8 Å². The molecule has 0 saturated carbocycles. The monoisotopic (exact) mass is 335 g/mol. The molecular weight excluding hydrogens is 318 g/mol. The second kappa shape index (κ2) is 5.14. The molecule has 0 aromatic carbocycles. The molecule has 1 aromatic heterocycles. The number of hydrogen-bond donors (Lipinski definition) is 2. The normalized spacial score (nSPS) is 12.6. The Morgan fingerprint density at radius 3 is 2.33 bits per heavy atom. The number of rotatable bonds is 3. The molecule has 0 atom stereocenters. The highest BCUT2D eigenvalue weighted by Gasteiger charge is 2.27. The van der Waals surface area contributed by atoms with Crippen molar-refractivity contribution in [1.82, 2.24) is 9.71 Å². The minimum absolute atomic E-state index is 0.175. The van der Waals surface area contributed by atoms with Crippen molar-refractivity contribution in [2.24, 2.45) is 0 Å². The van der Waals surface area contributed by atoms with Crippen molar-refractivity contribution < 1.29 is 8.42 Å². The van der Waals surface area contributed by atoms with Crippen molar-refractivity contribution in [2.45, 2.75) is 38.1 Å². The number of pyridine rings is 1. The molecule has 0 aliphatic heterocycles. The number of nitrogens with zero attached hydrogens (tertiary/aromatic N) is 1. The molecule has 7 heteroatoms. The summed E-state index contributed by atoms with van der Waals surface area (Å²) >= 11 is 3.30. The largest absolute Gasteiger partial charge is 0.372 e. The zero-order valence-electron chi connectivity index (χ0n) is 11.1. The second-order valence-electron chi connectivity index (χ2n) is 5.01. The quantitative estimate of drug-likeness (QED) is 0.888. The molecule has 0 fully saturated rings. The van der Waals surface area contributed by atoms with Gasteiger partial charge in [-0.25, -0.2) is 18.1 Å². The van der Waals surface area contributed by atoms with Gasteiger partial charge < -0.3 is 5.32 Å². The zero-order chi connectivity index (χ0) is 14.1. The SMILES string of the molecule is CNc1ncc(Br)c(C)c1S(=O)(=O)NC(C)(C)C. The van der Waals surface area contributed by atoms with Crippen molar-refractivity contribution in [3.05, 3.63) is 16.2 Å². The Hall–Kier alpha value is -0.660. The van der Waals surface area contributed by atoms with Gasteiger partial charge in [0.15, 0.2) is 0 Å². The molecule has 102 valence electrons. The molecule has 1 heterocycles. The van der Waals surface area contributed by atoms with Crippen molar-refractivity contribution in [3.8, 4) is 0 Å². The topological polar surface area (TPSA) is 71.1 Å². The van der Waals surface area contributed by atoms with Crippen LogP contribution in [-0.2, 0) is 10.0 Å². The van der Waals surface area contributed by atoms with Gasteiger partial charge in [-0.15, -0.1) is 0 Å². The van der Waals surface area contributed by atoms with Crippen LogP contribution in [0.15, 0.2) is 15.6 Å². The maximum Gasteiger partial charge on any atom is 0.245 e. The van der Waals surface area contributed by atoms with Gasteiger partial charge in [0, 0.05) is 23.3 Å². The summed E-state index contributed by atoms with van der Waals surface area (Å²) in [6, 6.07) is 0. The third-order valence-corrected chi connectivity index (χ3v) is 4.88. The fourth-order valence-corrected chi connectivity index (χ4v) is 3.79.